The minimum atomic E-state index is -2.87. The topological polar surface area (TPSA) is 63.4 Å². The quantitative estimate of drug-likeness (QED) is 0.683. The van der Waals surface area contributed by atoms with Crippen molar-refractivity contribution in [1.82, 2.24) is 4.90 Å². The molecule has 0 saturated carbocycles. The van der Waals surface area contributed by atoms with Crippen LogP contribution in [0.5, 0.6) is 0 Å². The Labute approximate surface area is 86.4 Å². The molecule has 0 aromatic rings. The average Bonchev–Trinajstić information content (AvgIpc) is 2.08. The summed E-state index contributed by atoms with van der Waals surface area (Å²) in [5.41, 5.74) is 4.82. The van der Waals surface area contributed by atoms with E-state index in [1.807, 2.05) is 0 Å². The Hall–Kier alpha value is -1.20. The molecule has 1 fully saturated rings. The van der Waals surface area contributed by atoms with Crippen LogP contribution in [0.1, 0.15) is 19.8 Å². The molecule has 1 aliphatic heterocycles. The van der Waals surface area contributed by atoms with Crippen molar-refractivity contribution in [3.63, 3.8) is 0 Å². The van der Waals surface area contributed by atoms with E-state index in [0.717, 1.165) is 4.90 Å². The summed E-state index contributed by atoms with van der Waals surface area (Å²) >= 11 is 0. The van der Waals surface area contributed by atoms with Crippen molar-refractivity contribution in [2.24, 2.45) is 11.7 Å². The predicted molar refractivity (Wildman–Crippen MR) is 49.1 cm³/mol. The zero-order valence-corrected chi connectivity index (χ0v) is 8.50. The number of nitrogens with two attached hydrogens (primary N) is 1. The van der Waals surface area contributed by atoms with Crippen molar-refractivity contribution >= 4 is 11.8 Å². The third-order valence-electron chi connectivity index (χ3n) is 2.63. The van der Waals surface area contributed by atoms with E-state index in [9.17, 15) is 18.4 Å². The van der Waals surface area contributed by atoms with Crippen molar-refractivity contribution in [3.05, 3.63) is 0 Å². The lowest BCUT2D eigenvalue weighted by molar-refractivity contribution is -0.150. The molecule has 15 heavy (non-hydrogen) atoms. The van der Waals surface area contributed by atoms with Crippen molar-refractivity contribution in [2.75, 3.05) is 13.1 Å². The van der Waals surface area contributed by atoms with E-state index < -0.39 is 36.6 Å². The maximum atomic E-state index is 13.2. The van der Waals surface area contributed by atoms with Crippen molar-refractivity contribution in [3.8, 4) is 0 Å². The maximum absolute atomic E-state index is 13.2. The fraction of sp³-hybridized carbons (Fsp3) is 0.778. The second-order valence-corrected chi connectivity index (χ2v) is 3.91. The third-order valence-corrected chi connectivity index (χ3v) is 2.63. The number of alkyl halides is 2. The first-order chi connectivity index (χ1) is 6.83. The highest BCUT2D eigenvalue weighted by Crippen LogP contribution is 2.32. The maximum Gasteiger partial charge on any atom is 0.267 e. The lowest BCUT2D eigenvalue weighted by Crippen LogP contribution is -2.50. The molecule has 1 aliphatic rings. The Kier molecular flexibility index (Phi) is 3.26. The zero-order valence-electron chi connectivity index (χ0n) is 8.50. The number of piperidine rings is 1. The summed E-state index contributed by atoms with van der Waals surface area (Å²) in [5.74, 6) is -5.00. The van der Waals surface area contributed by atoms with Crippen molar-refractivity contribution in [2.45, 2.75) is 25.7 Å². The Bertz CT molecular complexity index is 281. The van der Waals surface area contributed by atoms with Crippen LogP contribution in [0.3, 0.4) is 0 Å². The summed E-state index contributed by atoms with van der Waals surface area (Å²) in [6, 6.07) is 0. The largest absolute Gasteiger partial charge is 0.369 e. The van der Waals surface area contributed by atoms with Crippen LogP contribution in [-0.2, 0) is 9.59 Å². The first-order valence-corrected chi connectivity index (χ1v) is 4.77. The fourth-order valence-corrected chi connectivity index (χ4v) is 1.52. The number of halogens is 2. The Morgan fingerprint density at radius 3 is 2.60 bits per heavy atom. The van der Waals surface area contributed by atoms with E-state index in [-0.39, 0.29) is 13.0 Å². The second-order valence-electron chi connectivity index (χ2n) is 3.91. The van der Waals surface area contributed by atoms with E-state index in [1.165, 1.54) is 6.92 Å². The molecule has 0 bridgehead atoms. The number of likely N-dealkylation sites (tertiary alicyclic amines) is 1. The minimum Gasteiger partial charge on any atom is -0.369 e. The lowest BCUT2D eigenvalue weighted by atomic mass is 9.95. The van der Waals surface area contributed by atoms with Gasteiger partial charge in [-0.15, -0.1) is 0 Å². The van der Waals surface area contributed by atoms with Crippen molar-refractivity contribution in [1.29, 1.82) is 0 Å². The highest BCUT2D eigenvalue weighted by molar-refractivity contribution is 5.96. The van der Waals surface area contributed by atoms with Crippen LogP contribution in [0, 0.1) is 5.92 Å². The monoisotopic (exact) mass is 220 g/mol. The van der Waals surface area contributed by atoms with Gasteiger partial charge in [-0.3, -0.25) is 9.59 Å². The molecule has 0 radical (unpaired) electrons. The van der Waals surface area contributed by atoms with E-state index in [1.54, 1.807) is 0 Å². The van der Waals surface area contributed by atoms with Crippen LogP contribution in [-0.4, -0.2) is 35.7 Å². The van der Waals surface area contributed by atoms with Crippen molar-refractivity contribution < 1.29 is 18.4 Å². The molecule has 6 heteroatoms. The highest BCUT2D eigenvalue weighted by atomic mass is 19.3. The standard InChI is InChI=1S/C9H14F2N2O2/c1-6-2-3-13(5-9(6,10)11)8(15)4-7(12)14/h6H,2-5H2,1H3,(H2,12,14)/t6-/m0/s1. The third kappa shape index (κ3) is 2.87. The summed E-state index contributed by atoms with van der Waals surface area (Å²) in [4.78, 5) is 22.8. The first kappa shape index (κ1) is 11.9. The van der Waals surface area contributed by atoms with Gasteiger partial charge in [0.25, 0.3) is 5.92 Å². The highest BCUT2D eigenvalue weighted by Gasteiger charge is 2.43. The molecule has 1 saturated heterocycles. The first-order valence-electron chi connectivity index (χ1n) is 4.77. The average molecular weight is 220 g/mol. The normalized spacial score (nSPS) is 25.0. The summed E-state index contributed by atoms with van der Waals surface area (Å²) in [6.07, 6.45) is -0.248. The van der Waals surface area contributed by atoms with Gasteiger partial charge >= 0.3 is 0 Å². The van der Waals surface area contributed by atoms with Gasteiger partial charge < -0.3 is 10.6 Å². The van der Waals surface area contributed by atoms with Gasteiger partial charge in [0.2, 0.25) is 11.8 Å². The number of rotatable bonds is 2. The molecule has 0 aromatic carbocycles. The van der Waals surface area contributed by atoms with E-state index >= 15 is 0 Å². The second kappa shape index (κ2) is 4.12. The van der Waals surface area contributed by atoms with E-state index in [2.05, 4.69) is 0 Å². The molecule has 0 aromatic heterocycles. The molecule has 2 amide bonds. The lowest BCUT2D eigenvalue weighted by Gasteiger charge is -2.36. The molecule has 86 valence electrons. The number of hydrogen-bond donors (Lipinski definition) is 1. The zero-order chi connectivity index (χ0) is 11.6. The van der Waals surface area contributed by atoms with Crippen LogP contribution in [0.2, 0.25) is 0 Å². The number of hydrogen-bond acceptors (Lipinski definition) is 2. The fourth-order valence-electron chi connectivity index (χ4n) is 1.52. The van der Waals surface area contributed by atoms with Crippen LogP contribution in [0.4, 0.5) is 8.78 Å². The molecular weight excluding hydrogens is 206 g/mol. The summed E-state index contributed by atoms with van der Waals surface area (Å²) in [7, 11) is 0. The molecule has 1 atom stereocenters. The van der Waals surface area contributed by atoms with Crippen LogP contribution < -0.4 is 5.73 Å². The molecule has 0 aliphatic carbocycles. The Morgan fingerprint density at radius 2 is 2.13 bits per heavy atom. The number of nitrogens with zero attached hydrogens (tertiary/aromatic N) is 1. The predicted octanol–water partition coefficient (Wildman–Crippen LogP) is 0.366. The molecule has 1 rings (SSSR count). The SMILES string of the molecule is C[C@H]1CCN(C(=O)CC(N)=O)CC1(F)F. The Morgan fingerprint density at radius 1 is 1.53 bits per heavy atom. The van der Waals surface area contributed by atoms with Crippen LogP contribution in [0.15, 0.2) is 0 Å². The molecule has 2 N–H and O–H groups in total. The molecule has 0 spiro atoms. The van der Waals surface area contributed by atoms with E-state index in [0.29, 0.717) is 0 Å². The van der Waals surface area contributed by atoms with Gasteiger partial charge in [-0.05, 0) is 6.42 Å². The minimum absolute atomic E-state index is 0.248. The summed E-state index contributed by atoms with van der Waals surface area (Å²) < 4.78 is 26.5. The summed E-state index contributed by atoms with van der Waals surface area (Å²) in [6.45, 7) is 1.11. The number of primary amides is 1. The van der Waals surface area contributed by atoms with Gasteiger partial charge in [-0.2, -0.15) is 0 Å². The Balaban J connectivity index is 2.59. The van der Waals surface area contributed by atoms with Gasteiger partial charge in [0.1, 0.15) is 6.42 Å². The number of carbonyl (C=O) groups is 2. The van der Waals surface area contributed by atoms with Gasteiger partial charge in [0, 0.05) is 12.5 Å². The summed E-state index contributed by atoms with van der Waals surface area (Å²) in [5, 5.41) is 0. The molecule has 4 nitrogen and oxygen atoms in total. The number of amides is 2. The molecular formula is C9H14F2N2O2. The van der Waals surface area contributed by atoms with Crippen LogP contribution >= 0.6 is 0 Å². The molecule has 0 unspecified atom stereocenters. The van der Waals surface area contributed by atoms with Gasteiger partial charge in [-0.25, -0.2) is 8.78 Å². The van der Waals surface area contributed by atoms with Gasteiger partial charge in [0.05, 0.1) is 6.54 Å². The van der Waals surface area contributed by atoms with Gasteiger partial charge in [0.15, 0.2) is 0 Å². The van der Waals surface area contributed by atoms with Crippen LogP contribution in [0.25, 0.3) is 0 Å². The smallest absolute Gasteiger partial charge is 0.267 e. The van der Waals surface area contributed by atoms with Gasteiger partial charge in [-0.1, -0.05) is 6.92 Å². The number of carbonyl (C=O) groups excluding carboxylic acids is 2. The van der Waals surface area contributed by atoms with E-state index in [4.69, 9.17) is 5.73 Å². The molecule has 1 heterocycles.